The predicted molar refractivity (Wildman–Crippen MR) is 133 cm³/mol. The van der Waals surface area contributed by atoms with Crippen LogP contribution in [-0.4, -0.2) is 25.3 Å². The van der Waals surface area contributed by atoms with Gasteiger partial charge in [-0.05, 0) is 54.6 Å². The second kappa shape index (κ2) is 9.53. The van der Waals surface area contributed by atoms with Crippen molar-refractivity contribution in [3.8, 4) is 0 Å². The van der Waals surface area contributed by atoms with E-state index < -0.39 is 34.8 Å². The Kier molecular flexibility index (Phi) is 6.66. The fourth-order valence-corrected chi connectivity index (χ4v) is 6.93. The zero-order chi connectivity index (χ0) is 25.1. The molecule has 8 nitrogen and oxygen atoms in total. The van der Waals surface area contributed by atoms with Gasteiger partial charge in [-0.1, -0.05) is 54.6 Å². The van der Waals surface area contributed by atoms with Crippen LogP contribution in [0.25, 0.3) is 0 Å². The van der Waals surface area contributed by atoms with E-state index in [1.165, 1.54) is 72.8 Å². The Balaban J connectivity index is 1.81. The lowest BCUT2D eigenvalue weighted by molar-refractivity contribution is 0.595. The molecule has 2 N–H and O–H groups in total. The molecule has 0 amide bonds. The molecule has 0 spiro atoms. The molecule has 0 aliphatic heterocycles. The average Bonchev–Trinajstić information content (AvgIpc) is 2.86. The van der Waals surface area contributed by atoms with Gasteiger partial charge in [0.05, 0.1) is 31.0 Å². The maximum Gasteiger partial charge on any atom is 0.261 e. The van der Waals surface area contributed by atoms with Crippen molar-refractivity contribution in [2.24, 2.45) is 0 Å². The SMILES string of the molecule is O=S(=O)(Nc1ccc(NS(=O)(=O)c2ccccc2)c(S(=O)(=O)c2ccccc2)c1)c1ccccc1. The highest BCUT2D eigenvalue weighted by atomic mass is 32.2. The van der Waals surface area contributed by atoms with Gasteiger partial charge in [0.1, 0.15) is 0 Å². The Bertz CT molecular complexity index is 1660. The third kappa shape index (κ3) is 5.37. The van der Waals surface area contributed by atoms with Gasteiger partial charge >= 0.3 is 0 Å². The Hall–Kier alpha value is -3.67. The maximum absolute atomic E-state index is 13.5. The Morgan fingerprint density at radius 3 is 1.37 bits per heavy atom. The molecule has 0 bridgehead atoms. The van der Waals surface area contributed by atoms with Crippen LogP contribution in [0.2, 0.25) is 0 Å². The van der Waals surface area contributed by atoms with Crippen LogP contribution in [0.4, 0.5) is 11.4 Å². The van der Waals surface area contributed by atoms with Gasteiger partial charge in [0.25, 0.3) is 20.0 Å². The molecule has 0 aliphatic carbocycles. The number of anilines is 2. The summed E-state index contributed by atoms with van der Waals surface area (Å²) < 4.78 is 82.9. The van der Waals surface area contributed by atoms with Gasteiger partial charge in [-0.25, -0.2) is 25.3 Å². The number of benzene rings is 4. The molecule has 0 aromatic heterocycles. The molecule has 4 aromatic rings. The summed E-state index contributed by atoms with van der Waals surface area (Å²) in [5.41, 5.74) is -0.272. The van der Waals surface area contributed by atoms with Crippen molar-refractivity contribution in [1.29, 1.82) is 0 Å². The first kappa shape index (κ1) is 24.5. The summed E-state index contributed by atoms with van der Waals surface area (Å²) in [5, 5.41) is 0. The van der Waals surface area contributed by atoms with Crippen LogP contribution in [-0.2, 0) is 29.9 Å². The minimum atomic E-state index is -4.23. The molecular formula is C24H20N2O6S3. The van der Waals surface area contributed by atoms with Crippen molar-refractivity contribution in [2.45, 2.75) is 19.6 Å². The van der Waals surface area contributed by atoms with Gasteiger partial charge in [-0.3, -0.25) is 9.44 Å². The summed E-state index contributed by atoms with van der Waals surface area (Å²) in [7, 11) is -12.4. The van der Waals surface area contributed by atoms with Crippen LogP contribution in [0, 0.1) is 0 Å². The Morgan fingerprint density at radius 2 is 0.886 bits per heavy atom. The zero-order valence-corrected chi connectivity index (χ0v) is 20.5. The van der Waals surface area contributed by atoms with E-state index in [1.54, 1.807) is 30.3 Å². The van der Waals surface area contributed by atoms with Crippen molar-refractivity contribution < 1.29 is 25.3 Å². The fraction of sp³-hybridized carbons (Fsp3) is 0. The average molecular weight is 529 g/mol. The quantitative estimate of drug-likeness (QED) is 0.354. The maximum atomic E-state index is 13.5. The lowest BCUT2D eigenvalue weighted by Crippen LogP contribution is -2.17. The number of rotatable bonds is 8. The topological polar surface area (TPSA) is 126 Å². The molecule has 4 aromatic carbocycles. The molecule has 35 heavy (non-hydrogen) atoms. The number of hydrogen-bond acceptors (Lipinski definition) is 6. The van der Waals surface area contributed by atoms with E-state index in [2.05, 4.69) is 9.44 Å². The second-order valence-electron chi connectivity index (χ2n) is 7.36. The third-order valence-corrected chi connectivity index (χ3v) is 9.52. The van der Waals surface area contributed by atoms with Gasteiger partial charge in [-0.2, -0.15) is 0 Å². The van der Waals surface area contributed by atoms with Crippen LogP contribution in [0.15, 0.2) is 129 Å². The molecule has 0 atom stereocenters. The molecular weight excluding hydrogens is 508 g/mol. The van der Waals surface area contributed by atoms with E-state index in [0.29, 0.717) is 0 Å². The van der Waals surface area contributed by atoms with Crippen molar-refractivity contribution in [1.82, 2.24) is 0 Å². The van der Waals surface area contributed by atoms with Gasteiger partial charge in [0, 0.05) is 0 Å². The number of sulfone groups is 1. The molecule has 11 heteroatoms. The highest BCUT2D eigenvalue weighted by Gasteiger charge is 2.26. The fourth-order valence-electron chi connectivity index (χ4n) is 3.24. The van der Waals surface area contributed by atoms with Crippen LogP contribution in [0.3, 0.4) is 0 Å². The second-order valence-corrected chi connectivity index (χ2v) is 12.6. The largest absolute Gasteiger partial charge is 0.280 e. The summed E-state index contributed by atoms with van der Waals surface area (Å²) in [4.78, 5) is -0.557. The standard InChI is InChI=1S/C24H20N2O6S3/c27-33(28,20-10-4-1-5-11-20)24-18-19(25-34(29,30)21-12-6-2-7-13-21)16-17-23(24)26-35(31,32)22-14-8-3-9-15-22/h1-18,25-26H. The highest BCUT2D eigenvalue weighted by molar-refractivity contribution is 7.93. The van der Waals surface area contributed by atoms with Gasteiger partial charge in [-0.15, -0.1) is 0 Å². The molecule has 180 valence electrons. The number of hydrogen-bond donors (Lipinski definition) is 2. The summed E-state index contributed by atoms with van der Waals surface area (Å²) in [6.07, 6.45) is 0. The third-order valence-electron chi connectivity index (χ3n) is 4.93. The first-order valence-corrected chi connectivity index (χ1v) is 14.6. The lowest BCUT2D eigenvalue weighted by atomic mass is 10.3. The van der Waals surface area contributed by atoms with Crippen molar-refractivity contribution in [3.63, 3.8) is 0 Å². The minimum Gasteiger partial charge on any atom is -0.280 e. The van der Waals surface area contributed by atoms with E-state index in [-0.39, 0.29) is 26.1 Å². The van der Waals surface area contributed by atoms with Gasteiger partial charge in [0.2, 0.25) is 9.84 Å². The smallest absolute Gasteiger partial charge is 0.261 e. The minimum absolute atomic E-state index is 0.0127. The van der Waals surface area contributed by atoms with Crippen LogP contribution >= 0.6 is 0 Å². The van der Waals surface area contributed by atoms with E-state index in [1.807, 2.05) is 0 Å². The van der Waals surface area contributed by atoms with Crippen molar-refractivity contribution in [2.75, 3.05) is 9.44 Å². The summed E-state index contributed by atoms with van der Waals surface area (Å²) in [5.74, 6) is 0. The monoisotopic (exact) mass is 528 g/mol. The van der Waals surface area contributed by atoms with E-state index >= 15 is 0 Å². The normalized spacial score (nSPS) is 12.1. The van der Waals surface area contributed by atoms with E-state index in [4.69, 9.17) is 0 Å². The number of sulfonamides is 2. The molecule has 0 saturated heterocycles. The molecule has 0 fully saturated rings. The summed E-state index contributed by atoms with van der Waals surface area (Å²) in [6, 6.07) is 26.1. The molecule has 0 aliphatic rings. The van der Waals surface area contributed by atoms with Gasteiger partial charge < -0.3 is 0 Å². The zero-order valence-electron chi connectivity index (χ0n) is 18.1. The molecule has 0 saturated carbocycles. The van der Waals surface area contributed by atoms with Crippen molar-refractivity contribution >= 4 is 41.3 Å². The molecule has 0 heterocycles. The van der Waals surface area contributed by atoms with Crippen molar-refractivity contribution in [3.05, 3.63) is 109 Å². The lowest BCUT2D eigenvalue weighted by Gasteiger charge is -2.16. The van der Waals surface area contributed by atoms with E-state index in [9.17, 15) is 25.3 Å². The first-order chi connectivity index (χ1) is 16.6. The predicted octanol–water partition coefficient (Wildman–Crippen LogP) is 4.12. The van der Waals surface area contributed by atoms with E-state index in [0.717, 1.165) is 6.07 Å². The Morgan fingerprint density at radius 1 is 0.457 bits per heavy atom. The Labute approximate surface area is 204 Å². The van der Waals surface area contributed by atoms with Crippen LogP contribution < -0.4 is 9.44 Å². The van der Waals surface area contributed by atoms with Crippen LogP contribution in [0.1, 0.15) is 0 Å². The number of nitrogens with one attached hydrogen (secondary N) is 2. The molecule has 0 radical (unpaired) electrons. The molecule has 4 rings (SSSR count). The highest BCUT2D eigenvalue weighted by Crippen LogP contribution is 2.32. The summed E-state index contributed by atoms with van der Waals surface area (Å²) in [6.45, 7) is 0. The van der Waals surface area contributed by atoms with Crippen LogP contribution in [0.5, 0.6) is 0 Å². The molecule has 0 unspecified atom stereocenters. The summed E-state index contributed by atoms with van der Waals surface area (Å²) >= 11 is 0. The first-order valence-electron chi connectivity index (χ1n) is 10.2. The van der Waals surface area contributed by atoms with Gasteiger partial charge in [0.15, 0.2) is 0 Å².